The van der Waals surface area contributed by atoms with Gasteiger partial charge in [0.25, 0.3) is 5.91 Å². The lowest BCUT2D eigenvalue weighted by molar-refractivity contribution is 0.0833. The van der Waals surface area contributed by atoms with Gasteiger partial charge in [-0.2, -0.15) is 0 Å². The molecule has 28 heavy (non-hydrogen) atoms. The maximum Gasteiger partial charge on any atom is 0.305 e. The van der Waals surface area contributed by atoms with E-state index in [1.54, 1.807) is 6.07 Å². The Kier molecular flexibility index (Phi) is 4.99. The van der Waals surface area contributed by atoms with Crippen LogP contribution >= 0.6 is 11.3 Å². The molecule has 4 aromatic rings. The second-order valence-corrected chi connectivity index (χ2v) is 6.81. The SMILES string of the molecule is O=C(NNC(=O)c1sc(-c2ccccc2)nc1-c1ccccc1)c1ccco1. The highest BCUT2D eigenvalue weighted by atomic mass is 32.1. The molecule has 4 rings (SSSR count). The maximum atomic E-state index is 12.8. The van der Waals surface area contributed by atoms with Crippen LogP contribution in [-0.4, -0.2) is 16.8 Å². The molecular weight excluding hydrogens is 374 g/mol. The van der Waals surface area contributed by atoms with Gasteiger partial charge in [-0.1, -0.05) is 60.7 Å². The van der Waals surface area contributed by atoms with E-state index in [2.05, 4.69) is 15.8 Å². The van der Waals surface area contributed by atoms with Crippen molar-refractivity contribution in [2.75, 3.05) is 0 Å². The van der Waals surface area contributed by atoms with Crippen LogP contribution in [-0.2, 0) is 0 Å². The first-order chi connectivity index (χ1) is 13.7. The van der Waals surface area contributed by atoms with E-state index >= 15 is 0 Å². The summed E-state index contributed by atoms with van der Waals surface area (Å²) in [6.07, 6.45) is 1.39. The third kappa shape index (κ3) is 3.70. The van der Waals surface area contributed by atoms with E-state index in [-0.39, 0.29) is 5.76 Å². The third-order valence-electron chi connectivity index (χ3n) is 3.94. The Morgan fingerprint density at radius 3 is 2.07 bits per heavy atom. The van der Waals surface area contributed by atoms with E-state index in [0.717, 1.165) is 16.1 Å². The largest absolute Gasteiger partial charge is 0.459 e. The van der Waals surface area contributed by atoms with Crippen molar-refractivity contribution in [2.45, 2.75) is 0 Å². The molecule has 2 N–H and O–H groups in total. The number of rotatable bonds is 4. The second kappa shape index (κ2) is 7.89. The number of hydrogen-bond donors (Lipinski definition) is 2. The molecule has 0 fully saturated rings. The minimum absolute atomic E-state index is 0.109. The molecule has 2 aromatic carbocycles. The number of hydrogen-bond acceptors (Lipinski definition) is 5. The van der Waals surface area contributed by atoms with Gasteiger partial charge in [0, 0.05) is 11.1 Å². The lowest BCUT2D eigenvalue weighted by Crippen LogP contribution is -2.41. The molecule has 0 saturated heterocycles. The average Bonchev–Trinajstić information content (AvgIpc) is 3.43. The van der Waals surface area contributed by atoms with Crippen molar-refractivity contribution in [2.24, 2.45) is 0 Å². The van der Waals surface area contributed by atoms with Gasteiger partial charge in [0.1, 0.15) is 9.88 Å². The van der Waals surface area contributed by atoms with Crippen LogP contribution in [0.4, 0.5) is 0 Å². The monoisotopic (exact) mass is 389 g/mol. The van der Waals surface area contributed by atoms with E-state index in [4.69, 9.17) is 4.42 Å². The van der Waals surface area contributed by atoms with Crippen molar-refractivity contribution in [1.29, 1.82) is 0 Å². The fourth-order valence-corrected chi connectivity index (χ4v) is 3.60. The summed E-state index contributed by atoms with van der Waals surface area (Å²) >= 11 is 1.27. The van der Waals surface area contributed by atoms with Crippen LogP contribution in [0.1, 0.15) is 20.2 Å². The number of benzene rings is 2. The van der Waals surface area contributed by atoms with E-state index < -0.39 is 11.8 Å². The Hall–Kier alpha value is -3.71. The van der Waals surface area contributed by atoms with E-state index in [1.165, 1.54) is 23.7 Å². The summed E-state index contributed by atoms with van der Waals surface area (Å²) in [5.41, 5.74) is 7.10. The Morgan fingerprint density at radius 1 is 0.786 bits per heavy atom. The minimum atomic E-state index is -0.535. The molecule has 0 atom stereocenters. The van der Waals surface area contributed by atoms with Gasteiger partial charge in [-0.15, -0.1) is 11.3 Å². The molecule has 0 saturated carbocycles. The molecule has 0 spiro atoms. The molecule has 7 heteroatoms. The number of hydrazine groups is 1. The van der Waals surface area contributed by atoms with Gasteiger partial charge < -0.3 is 4.42 Å². The first kappa shape index (κ1) is 17.7. The van der Waals surface area contributed by atoms with Crippen molar-refractivity contribution in [3.63, 3.8) is 0 Å². The molecule has 2 heterocycles. The summed E-state index contributed by atoms with van der Waals surface area (Å²) in [5.74, 6) is -0.872. The summed E-state index contributed by atoms with van der Waals surface area (Å²) in [7, 11) is 0. The van der Waals surface area contributed by atoms with Gasteiger partial charge in [-0.3, -0.25) is 20.4 Å². The summed E-state index contributed by atoms with van der Waals surface area (Å²) < 4.78 is 5.02. The number of amides is 2. The fourth-order valence-electron chi connectivity index (χ4n) is 2.61. The maximum absolute atomic E-state index is 12.8. The number of nitrogens with one attached hydrogen (secondary N) is 2. The Labute approximate surface area is 164 Å². The van der Waals surface area contributed by atoms with Crippen LogP contribution < -0.4 is 10.9 Å². The van der Waals surface area contributed by atoms with Gasteiger partial charge in [0.2, 0.25) is 0 Å². The van der Waals surface area contributed by atoms with Gasteiger partial charge in [0.05, 0.1) is 12.0 Å². The average molecular weight is 389 g/mol. The highest BCUT2D eigenvalue weighted by molar-refractivity contribution is 7.17. The van der Waals surface area contributed by atoms with Gasteiger partial charge >= 0.3 is 5.91 Å². The molecule has 2 aromatic heterocycles. The number of thiazole rings is 1. The molecule has 6 nitrogen and oxygen atoms in total. The molecule has 138 valence electrons. The predicted molar refractivity (Wildman–Crippen MR) is 107 cm³/mol. The van der Waals surface area contributed by atoms with Crippen molar-refractivity contribution in [3.8, 4) is 21.8 Å². The van der Waals surface area contributed by atoms with E-state index in [0.29, 0.717) is 10.6 Å². The van der Waals surface area contributed by atoms with Crippen LogP contribution in [0.2, 0.25) is 0 Å². The Balaban J connectivity index is 1.63. The molecule has 0 radical (unpaired) electrons. The molecular formula is C21H15N3O3S. The topological polar surface area (TPSA) is 84.2 Å². The molecule has 0 aliphatic carbocycles. The summed E-state index contributed by atoms with van der Waals surface area (Å²) in [4.78, 5) is 29.8. The normalized spacial score (nSPS) is 10.4. The molecule has 0 bridgehead atoms. The highest BCUT2D eigenvalue weighted by Crippen LogP contribution is 2.33. The number of nitrogens with zero attached hydrogens (tertiary/aromatic N) is 1. The van der Waals surface area contributed by atoms with Crippen molar-refractivity contribution < 1.29 is 14.0 Å². The zero-order chi connectivity index (χ0) is 19.3. The molecule has 0 aliphatic rings. The summed E-state index contributed by atoms with van der Waals surface area (Å²) in [6, 6.07) is 22.2. The quantitative estimate of drug-likeness (QED) is 0.514. The second-order valence-electron chi connectivity index (χ2n) is 5.81. The summed E-state index contributed by atoms with van der Waals surface area (Å²) in [5, 5.41) is 0.724. The third-order valence-corrected chi connectivity index (χ3v) is 5.04. The number of carbonyl (C=O) groups is 2. The number of furan rings is 1. The standard InChI is InChI=1S/C21H15N3O3S/c25-19(16-12-7-13-27-16)23-24-20(26)18-17(14-8-3-1-4-9-14)22-21(28-18)15-10-5-2-6-11-15/h1-13H,(H,23,25)(H,24,26). The first-order valence-corrected chi connectivity index (χ1v) is 9.30. The van der Waals surface area contributed by atoms with Crippen LogP contribution in [0.3, 0.4) is 0 Å². The first-order valence-electron chi connectivity index (χ1n) is 8.48. The van der Waals surface area contributed by atoms with Gasteiger partial charge in [-0.05, 0) is 12.1 Å². The van der Waals surface area contributed by atoms with Crippen LogP contribution in [0.5, 0.6) is 0 Å². The lowest BCUT2D eigenvalue weighted by atomic mass is 10.1. The molecule has 0 unspecified atom stereocenters. The fraction of sp³-hybridized carbons (Fsp3) is 0. The van der Waals surface area contributed by atoms with Crippen molar-refractivity contribution in [3.05, 3.63) is 89.7 Å². The van der Waals surface area contributed by atoms with E-state index in [1.807, 2.05) is 60.7 Å². The Bertz CT molecular complexity index is 1090. The van der Waals surface area contributed by atoms with E-state index in [9.17, 15) is 9.59 Å². The number of aromatic nitrogens is 1. The van der Waals surface area contributed by atoms with Crippen LogP contribution in [0.15, 0.2) is 83.5 Å². The molecule has 2 amide bonds. The lowest BCUT2D eigenvalue weighted by Gasteiger charge is -2.06. The van der Waals surface area contributed by atoms with Crippen LogP contribution in [0, 0.1) is 0 Å². The minimum Gasteiger partial charge on any atom is -0.459 e. The predicted octanol–water partition coefficient (Wildman–Crippen LogP) is 4.14. The zero-order valence-corrected chi connectivity index (χ0v) is 15.4. The smallest absolute Gasteiger partial charge is 0.305 e. The van der Waals surface area contributed by atoms with Crippen LogP contribution in [0.25, 0.3) is 21.8 Å². The van der Waals surface area contributed by atoms with Crippen molar-refractivity contribution >= 4 is 23.2 Å². The molecule has 0 aliphatic heterocycles. The van der Waals surface area contributed by atoms with Gasteiger partial charge in [-0.25, -0.2) is 4.98 Å². The zero-order valence-electron chi connectivity index (χ0n) is 14.6. The highest BCUT2D eigenvalue weighted by Gasteiger charge is 2.21. The van der Waals surface area contributed by atoms with Crippen molar-refractivity contribution in [1.82, 2.24) is 15.8 Å². The Morgan fingerprint density at radius 2 is 1.43 bits per heavy atom. The van der Waals surface area contributed by atoms with Gasteiger partial charge in [0.15, 0.2) is 5.76 Å². The summed E-state index contributed by atoms with van der Waals surface area (Å²) in [6.45, 7) is 0. The number of carbonyl (C=O) groups excluding carboxylic acids is 2.